The molecule has 9 heteroatoms. The lowest BCUT2D eigenvalue weighted by atomic mass is 9.97. The summed E-state index contributed by atoms with van der Waals surface area (Å²) in [6.45, 7) is 0.830. The first-order valence-electron chi connectivity index (χ1n) is 11.7. The molecule has 0 atom stereocenters. The van der Waals surface area contributed by atoms with Gasteiger partial charge in [-0.1, -0.05) is 12.1 Å². The fourth-order valence-electron chi connectivity index (χ4n) is 4.47. The summed E-state index contributed by atoms with van der Waals surface area (Å²) in [5, 5.41) is 9.80. The standard InChI is InChI=1S/C26H28F2N2O5/c1-26(32)15-29(16-26)12-13-33-21-9-6-19(14-23(21)35-25(27)28)30-11-10-22(24(30)31)34-20-7-4-18(5-8-20)17-2-3-17/h4-10,14,17,25,32H,2-3,11-13,15-16H2,1H3. The van der Waals surface area contributed by atoms with Gasteiger partial charge in [0.05, 0.1) is 5.60 Å². The van der Waals surface area contributed by atoms with Gasteiger partial charge in [-0.2, -0.15) is 8.78 Å². The Balaban J connectivity index is 1.22. The minimum atomic E-state index is -3.04. The molecule has 2 aromatic carbocycles. The van der Waals surface area contributed by atoms with Crippen LogP contribution in [0.1, 0.15) is 31.2 Å². The van der Waals surface area contributed by atoms with Crippen LogP contribution < -0.4 is 19.1 Å². The molecule has 0 radical (unpaired) electrons. The lowest BCUT2D eigenvalue weighted by molar-refractivity contribution is -0.116. The van der Waals surface area contributed by atoms with Crippen molar-refractivity contribution >= 4 is 11.6 Å². The number of hydrogen-bond acceptors (Lipinski definition) is 6. The molecule has 0 aromatic heterocycles. The smallest absolute Gasteiger partial charge is 0.387 e. The first kappa shape index (κ1) is 23.6. The Labute approximate surface area is 202 Å². The van der Waals surface area contributed by atoms with Crippen molar-refractivity contribution in [3.63, 3.8) is 0 Å². The minimum absolute atomic E-state index is 0.147. The second kappa shape index (κ2) is 9.47. The van der Waals surface area contributed by atoms with Crippen LogP contribution in [0.2, 0.25) is 0 Å². The maximum absolute atomic E-state index is 13.0. The number of halogens is 2. The van der Waals surface area contributed by atoms with Gasteiger partial charge in [-0.3, -0.25) is 9.69 Å². The molecule has 0 unspecified atom stereocenters. The quantitative estimate of drug-likeness (QED) is 0.549. The van der Waals surface area contributed by atoms with E-state index in [1.807, 2.05) is 29.2 Å². The van der Waals surface area contributed by atoms with E-state index in [0.717, 1.165) is 0 Å². The van der Waals surface area contributed by atoms with Crippen LogP contribution in [0.3, 0.4) is 0 Å². The van der Waals surface area contributed by atoms with Gasteiger partial charge in [0.15, 0.2) is 17.3 Å². The third-order valence-corrected chi connectivity index (χ3v) is 6.32. The van der Waals surface area contributed by atoms with Crippen molar-refractivity contribution in [1.82, 2.24) is 4.90 Å². The molecule has 1 amide bonds. The van der Waals surface area contributed by atoms with Crippen LogP contribution in [0.4, 0.5) is 14.5 Å². The van der Waals surface area contributed by atoms with Crippen LogP contribution >= 0.6 is 0 Å². The number of carbonyl (C=O) groups excluding carboxylic acids is 1. The molecule has 2 fully saturated rings. The molecule has 2 aliphatic heterocycles. The highest BCUT2D eigenvalue weighted by atomic mass is 19.3. The molecule has 7 nitrogen and oxygen atoms in total. The van der Waals surface area contributed by atoms with Gasteiger partial charge in [0.2, 0.25) is 0 Å². The number of hydrogen-bond donors (Lipinski definition) is 1. The van der Waals surface area contributed by atoms with Gasteiger partial charge in [-0.25, -0.2) is 0 Å². The zero-order valence-electron chi connectivity index (χ0n) is 19.5. The number of aliphatic hydroxyl groups is 1. The first-order valence-corrected chi connectivity index (χ1v) is 11.7. The van der Waals surface area contributed by atoms with Crippen LogP contribution in [0.15, 0.2) is 54.3 Å². The summed E-state index contributed by atoms with van der Waals surface area (Å²) in [6, 6.07) is 12.3. The number of amides is 1. The van der Waals surface area contributed by atoms with Crippen molar-refractivity contribution in [3.05, 3.63) is 59.9 Å². The fourth-order valence-corrected chi connectivity index (χ4v) is 4.47. The lowest BCUT2D eigenvalue weighted by Crippen LogP contribution is -2.60. The lowest BCUT2D eigenvalue weighted by Gasteiger charge is -2.44. The van der Waals surface area contributed by atoms with Crippen LogP contribution in [-0.4, -0.2) is 60.9 Å². The van der Waals surface area contributed by atoms with Gasteiger partial charge in [0.25, 0.3) is 5.91 Å². The highest BCUT2D eigenvalue weighted by Crippen LogP contribution is 2.40. The van der Waals surface area contributed by atoms with Crippen LogP contribution in [0, 0.1) is 0 Å². The van der Waals surface area contributed by atoms with E-state index >= 15 is 0 Å². The van der Waals surface area contributed by atoms with Crippen LogP contribution in [0.25, 0.3) is 0 Å². The van der Waals surface area contributed by atoms with Crippen LogP contribution in [0.5, 0.6) is 17.2 Å². The van der Waals surface area contributed by atoms with Crippen molar-refractivity contribution in [3.8, 4) is 17.2 Å². The van der Waals surface area contributed by atoms with Crippen molar-refractivity contribution in [2.75, 3.05) is 37.7 Å². The molecule has 3 aliphatic rings. The largest absolute Gasteiger partial charge is 0.488 e. The van der Waals surface area contributed by atoms with Gasteiger partial charge in [-0.15, -0.1) is 0 Å². The number of alkyl halides is 2. The summed E-state index contributed by atoms with van der Waals surface area (Å²) in [7, 11) is 0. The SMILES string of the molecule is CC1(O)CN(CCOc2ccc(N3CC=C(Oc4ccc(C5CC5)cc4)C3=O)cc2OC(F)F)C1. The second-order valence-electron chi connectivity index (χ2n) is 9.50. The molecule has 0 spiro atoms. The Bertz CT molecular complexity index is 1110. The van der Waals surface area contributed by atoms with E-state index in [1.54, 1.807) is 19.1 Å². The van der Waals surface area contributed by atoms with E-state index in [4.69, 9.17) is 9.47 Å². The Morgan fingerprint density at radius 1 is 1.11 bits per heavy atom. The van der Waals surface area contributed by atoms with Crippen molar-refractivity contribution in [2.24, 2.45) is 0 Å². The molecule has 1 saturated heterocycles. The minimum Gasteiger partial charge on any atom is -0.488 e. The summed E-state index contributed by atoms with van der Waals surface area (Å²) >= 11 is 0. The molecule has 1 N–H and O–H groups in total. The van der Waals surface area contributed by atoms with Crippen LogP contribution in [-0.2, 0) is 4.79 Å². The number of rotatable bonds is 10. The summed E-state index contributed by atoms with van der Waals surface area (Å²) in [6.07, 6.45) is 4.08. The maximum atomic E-state index is 13.0. The summed E-state index contributed by atoms with van der Waals surface area (Å²) in [4.78, 5) is 16.4. The average Bonchev–Trinajstić information content (AvgIpc) is 3.58. The number of ether oxygens (including phenoxy) is 3. The topological polar surface area (TPSA) is 71.5 Å². The fraction of sp³-hybridized carbons (Fsp3) is 0.423. The van der Waals surface area contributed by atoms with E-state index in [9.17, 15) is 18.7 Å². The number of carbonyl (C=O) groups is 1. The number of nitrogens with zero attached hydrogens (tertiary/aromatic N) is 2. The molecule has 2 heterocycles. The summed E-state index contributed by atoms with van der Waals surface area (Å²) in [5.41, 5.74) is 0.983. The first-order chi connectivity index (χ1) is 16.8. The molecule has 1 aliphatic carbocycles. The maximum Gasteiger partial charge on any atom is 0.387 e. The average molecular weight is 487 g/mol. The van der Waals surface area contributed by atoms with Crippen molar-refractivity contribution < 1.29 is 32.9 Å². The highest BCUT2D eigenvalue weighted by molar-refractivity contribution is 6.07. The zero-order chi connectivity index (χ0) is 24.6. The zero-order valence-corrected chi connectivity index (χ0v) is 19.5. The molecule has 35 heavy (non-hydrogen) atoms. The Hall–Kier alpha value is -3.17. The summed E-state index contributed by atoms with van der Waals surface area (Å²) < 4.78 is 42.2. The van der Waals surface area contributed by atoms with E-state index in [2.05, 4.69) is 4.74 Å². The van der Waals surface area contributed by atoms with Gasteiger partial charge >= 0.3 is 6.61 Å². The monoisotopic (exact) mass is 486 g/mol. The van der Waals surface area contributed by atoms with Gasteiger partial charge in [0, 0.05) is 37.9 Å². The van der Waals surface area contributed by atoms with Gasteiger partial charge in [0.1, 0.15) is 12.4 Å². The summed E-state index contributed by atoms with van der Waals surface area (Å²) in [5.74, 6) is 1.05. The van der Waals surface area contributed by atoms with E-state index in [0.29, 0.717) is 37.0 Å². The van der Waals surface area contributed by atoms with E-state index in [-0.39, 0.29) is 36.3 Å². The predicted molar refractivity (Wildman–Crippen MR) is 125 cm³/mol. The predicted octanol–water partition coefficient (Wildman–Crippen LogP) is 3.92. The third-order valence-electron chi connectivity index (χ3n) is 6.32. The molecule has 5 rings (SSSR count). The Morgan fingerprint density at radius 2 is 1.86 bits per heavy atom. The van der Waals surface area contributed by atoms with Crippen molar-refractivity contribution in [2.45, 2.75) is 37.9 Å². The Kier molecular flexibility index (Phi) is 6.37. The number of benzene rings is 2. The molecule has 1 saturated carbocycles. The number of β-amino-alcohol motifs (C(OH)–C–C–N with tert-alkyl or cyclic N) is 1. The van der Waals surface area contributed by atoms with Gasteiger partial charge < -0.3 is 24.2 Å². The molecule has 186 valence electrons. The van der Waals surface area contributed by atoms with E-state index in [1.165, 1.54) is 35.4 Å². The number of likely N-dealkylation sites (tertiary alicyclic amines) is 1. The normalized spacial score (nSPS) is 19.5. The molecular formula is C26H28F2N2O5. The molecule has 0 bridgehead atoms. The van der Waals surface area contributed by atoms with Crippen molar-refractivity contribution in [1.29, 1.82) is 0 Å². The number of anilines is 1. The second-order valence-corrected chi connectivity index (χ2v) is 9.50. The molecule has 2 aromatic rings. The molecular weight excluding hydrogens is 458 g/mol. The highest BCUT2D eigenvalue weighted by Gasteiger charge is 2.36. The third kappa shape index (κ3) is 5.57. The van der Waals surface area contributed by atoms with Gasteiger partial charge in [-0.05, 0) is 61.6 Å². The van der Waals surface area contributed by atoms with E-state index < -0.39 is 12.2 Å². The Morgan fingerprint density at radius 3 is 2.51 bits per heavy atom.